The molecule has 3 nitrogen and oxygen atoms in total. The summed E-state index contributed by atoms with van der Waals surface area (Å²) < 4.78 is 38.4. The highest BCUT2D eigenvalue weighted by molar-refractivity contribution is 6.36. The predicted octanol–water partition coefficient (Wildman–Crippen LogP) is 3.84. The Hall–Kier alpha value is -1.82. The molecule has 2 aromatic rings. The molecule has 1 aromatic heterocycles. The van der Waals surface area contributed by atoms with Crippen LogP contribution in [0.25, 0.3) is 10.9 Å². The number of fused-ring (bicyclic) bond motifs is 1. The van der Waals surface area contributed by atoms with Crippen LogP contribution in [0.2, 0.25) is 5.02 Å². The van der Waals surface area contributed by atoms with Crippen LogP contribution < -0.4 is 0 Å². The predicted molar refractivity (Wildman–Crippen MR) is 67.8 cm³/mol. The molecular formula is C13H9ClF3NO2. The number of carboxylic acid groups (broad SMARTS) is 1. The van der Waals surface area contributed by atoms with Gasteiger partial charge in [-0.25, -0.2) is 4.98 Å². The lowest BCUT2D eigenvalue weighted by atomic mass is 10.1. The van der Waals surface area contributed by atoms with E-state index >= 15 is 0 Å². The summed E-state index contributed by atoms with van der Waals surface area (Å²) in [6.45, 7) is 1.24. The zero-order valence-electron chi connectivity index (χ0n) is 10.3. The van der Waals surface area contributed by atoms with E-state index in [-0.39, 0.29) is 22.5 Å². The Kier molecular flexibility index (Phi) is 3.60. The first-order chi connectivity index (χ1) is 9.20. The number of carbonyl (C=O) groups is 1. The number of aliphatic carboxylic acids is 1. The quantitative estimate of drug-likeness (QED) is 0.917. The lowest BCUT2D eigenvalue weighted by molar-refractivity contribution is -0.141. The number of pyridine rings is 1. The van der Waals surface area contributed by atoms with Crippen LogP contribution in [-0.2, 0) is 17.4 Å². The minimum atomic E-state index is -4.58. The Bertz CT molecular complexity index is 698. The second kappa shape index (κ2) is 4.94. The van der Waals surface area contributed by atoms with E-state index in [1.807, 2.05) is 0 Å². The van der Waals surface area contributed by atoms with E-state index < -0.39 is 17.8 Å². The highest BCUT2D eigenvalue weighted by Crippen LogP contribution is 2.36. The van der Waals surface area contributed by atoms with Crippen molar-refractivity contribution in [2.75, 3.05) is 0 Å². The van der Waals surface area contributed by atoms with Gasteiger partial charge in [-0.05, 0) is 30.2 Å². The van der Waals surface area contributed by atoms with Gasteiger partial charge in [-0.3, -0.25) is 4.79 Å². The van der Waals surface area contributed by atoms with Crippen LogP contribution in [-0.4, -0.2) is 16.1 Å². The van der Waals surface area contributed by atoms with Crippen LogP contribution in [0.4, 0.5) is 13.2 Å². The van der Waals surface area contributed by atoms with Crippen molar-refractivity contribution in [1.29, 1.82) is 0 Å². The zero-order valence-corrected chi connectivity index (χ0v) is 11.0. The summed E-state index contributed by atoms with van der Waals surface area (Å²) in [6, 6.07) is 4.22. The van der Waals surface area contributed by atoms with E-state index in [9.17, 15) is 18.0 Å². The summed E-state index contributed by atoms with van der Waals surface area (Å²) in [7, 11) is 0. The fourth-order valence-corrected chi connectivity index (χ4v) is 2.17. The smallest absolute Gasteiger partial charge is 0.433 e. The van der Waals surface area contributed by atoms with Gasteiger partial charge in [0.1, 0.15) is 5.69 Å². The molecule has 1 aromatic carbocycles. The molecule has 0 unspecified atom stereocenters. The average Bonchev–Trinajstić information content (AvgIpc) is 2.32. The van der Waals surface area contributed by atoms with Crippen molar-refractivity contribution in [2.45, 2.75) is 19.5 Å². The first kappa shape index (κ1) is 14.6. The Morgan fingerprint density at radius 1 is 1.40 bits per heavy atom. The van der Waals surface area contributed by atoms with Crippen molar-refractivity contribution in [2.24, 2.45) is 0 Å². The Balaban J connectivity index is 2.67. The monoisotopic (exact) mass is 303 g/mol. The second-order valence-electron chi connectivity index (χ2n) is 4.32. The van der Waals surface area contributed by atoms with E-state index in [0.29, 0.717) is 10.9 Å². The number of hydrogen-bond acceptors (Lipinski definition) is 2. The van der Waals surface area contributed by atoms with Crippen molar-refractivity contribution in [3.8, 4) is 0 Å². The molecule has 0 saturated heterocycles. The first-order valence-electron chi connectivity index (χ1n) is 5.58. The zero-order chi connectivity index (χ0) is 15.1. The molecule has 2 rings (SSSR count). The third-order valence-electron chi connectivity index (χ3n) is 2.84. The fraction of sp³-hybridized carbons (Fsp3) is 0.231. The number of benzene rings is 1. The van der Waals surface area contributed by atoms with Crippen molar-refractivity contribution < 1.29 is 23.1 Å². The average molecular weight is 304 g/mol. The van der Waals surface area contributed by atoms with Gasteiger partial charge in [0.25, 0.3) is 0 Å². The van der Waals surface area contributed by atoms with Crippen LogP contribution in [0, 0.1) is 6.92 Å². The van der Waals surface area contributed by atoms with E-state index in [1.165, 1.54) is 25.1 Å². The fourth-order valence-electron chi connectivity index (χ4n) is 1.93. The maximum Gasteiger partial charge on any atom is 0.433 e. The third-order valence-corrected chi connectivity index (χ3v) is 3.33. The van der Waals surface area contributed by atoms with Crippen LogP contribution >= 0.6 is 11.6 Å². The molecule has 0 aliphatic rings. The van der Waals surface area contributed by atoms with Gasteiger partial charge < -0.3 is 5.11 Å². The summed E-state index contributed by atoms with van der Waals surface area (Å²) >= 11 is 5.96. The molecule has 0 amide bonds. The standard InChI is InChI=1S/C13H9ClF3NO2/c1-6-11(14)8-4-7(5-10(19)20)2-3-9(8)18-12(6)13(15,16)17/h2-4H,5H2,1H3,(H,19,20). The first-order valence-corrected chi connectivity index (χ1v) is 5.95. The van der Waals surface area contributed by atoms with Crippen LogP contribution in [0.15, 0.2) is 18.2 Å². The number of alkyl halides is 3. The molecule has 20 heavy (non-hydrogen) atoms. The van der Waals surface area contributed by atoms with Crippen LogP contribution in [0.5, 0.6) is 0 Å². The molecule has 7 heteroatoms. The molecule has 1 N–H and O–H groups in total. The molecule has 0 bridgehead atoms. The molecular weight excluding hydrogens is 295 g/mol. The Morgan fingerprint density at radius 2 is 2.05 bits per heavy atom. The lowest BCUT2D eigenvalue weighted by Crippen LogP contribution is -2.11. The molecule has 0 saturated carbocycles. The number of halogens is 4. The normalized spacial score (nSPS) is 11.8. The Labute approximate surface area is 117 Å². The number of nitrogens with zero attached hydrogens (tertiary/aromatic N) is 1. The third kappa shape index (κ3) is 2.70. The van der Waals surface area contributed by atoms with Crippen molar-refractivity contribution in [1.82, 2.24) is 4.98 Å². The molecule has 1 heterocycles. The maximum absolute atomic E-state index is 12.8. The van der Waals surface area contributed by atoms with Crippen molar-refractivity contribution in [3.63, 3.8) is 0 Å². The van der Waals surface area contributed by atoms with Gasteiger partial charge in [0.2, 0.25) is 0 Å². The van der Waals surface area contributed by atoms with Crippen LogP contribution in [0.1, 0.15) is 16.8 Å². The van der Waals surface area contributed by atoms with Gasteiger partial charge in [0.05, 0.1) is 17.0 Å². The van der Waals surface area contributed by atoms with E-state index in [4.69, 9.17) is 16.7 Å². The summed E-state index contributed by atoms with van der Waals surface area (Å²) in [5.74, 6) is -1.03. The molecule has 0 aliphatic heterocycles. The SMILES string of the molecule is Cc1c(C(F)(F)F)nc2ccc(CC(=O)O)cc2c1Cl. The number of hydrogen-bond donors (Lipinski definition) is 1. The number of rotatable bonds is 2. The van der Waals surface area contributed by atoms with E-state index in [0.717, 1.165) is 0 Å². The maximum atomic E-state index is 12.8. The molecule has 0 aliphatic carbocycles. The van der Waals surface area contributed by atoms with Gasteiger partial charge in [0.15, 0.2) is 0 Å². The summed E-state index contributed by atoms with van der Waals surface area (Å²) in [4.78, 5) is 14.2. The Morgan fingerprint density at radius 3 is 2.60 bits per heavy atom. The minimum Gasteiger partial charge on any atom is -0.481 e. The summed E-state index contributed by atoms with van der Waals surface area (Å²) in [6.07, 6.45) is -4.81. The molecule has 0 radical (unpaired) electrons. The topological polar surface area (TPSA) is 50.2 Å². The van der Waals surface area contributed by atoms with Gasteiger partial charge >= 0.3 is 12.1 Å². The van der Waals surface area contributed by atoms with Gasteiger partial charge in [-0.1, -0.05) is 17.7 Å². The minimum absolute atomic E-state index is 0.0606. The molecule has 0 atom stereocenters. The highest BCUT2D eigenvalue weighted by Gasteiger charge is 2.35. The number of carboxylic acids is 1. The summed E-state index contributed by atoms with van der Waals surface area (Å²) in [5, 5.41) is 8.97. The van der Waals surface area contributed by atoms with Gasteiger partial charge in [-0.2, -0.15) is 13.2 Å². The molecule has 0 spiro atoms. The highest BCUT2D eigenvalue weighted by atomic mass is 35.5. The lowest BCUT2D eigenvalue weighted by Gasteiger charge is -2.13. The van der Waals surface area contributed by atoms with Gasteiger partial charge in [0, 0.05) is 5.39 Å². The van der Waals surface area contributed by atoms with Crippen LogP contribution in [0.3, 0.4) is 0 Å². The van der Waals surface area contributed by atoms with E-state index in [1.54, 1.807) is 0 Å². The summed E-state index contributed by atoms with van der Waals surface area (Å²) in [5.41, 5.74) is -0.657. The largest absolute Gasteiger partial charge is 0.481 e. The van der Waals surface area contributed by atoms with E-state index in [2.05, 4.69) is 4.98 Å². The second-order valence-corrected chi connectivity index (χ2v) is 4.70. The van der Waals surface area contributed by atoms with Gasteiger partial charge in [-0.15, -0.1) is 0 Å². The number of aromatic nitrogens is 1. The molecule has 106 valence electrons. The van der Waals surface area contributed by atoms with Crippen molar-refractivity contribution in [3.05, 3.63) is 40.0 Å². The van der Waals surface area contributed by atoms with Crippen molar-refractivity contribution >= 4 is 28.5 Å². The molecule has 0 fully saturated rings.